The minimum Gasteiger partial charge on any atom is -0.462 e. The van der Waals surface area contributed by atoms with E-state index >= 15 is 0 Å². The normalized spacial score (nSPS) is 15.4. The molecule has 0 radical (unpaired) electrons. The van der Waals surface area contributed by atoms with Crippen LogP contribution < -0.4 is 0 Å². The Morgan fingerprint density at radius 2 is 1.94 bits per heavy atom. The molecular formula is C16H20O2. The van der Waals surface area contributed by atoms with Crippen LogP contribution in [-0.4, -0.2) is 6.10 Å². The highest BCUT2D eigenvalue weighted by Crippen LogP contribution is 2.26. The lowest BCUT2D eigenvalue weighted by Crippen LogP contribution is -2.11. The molecule has 0 saturated heterocycles. The molecule has 1 aliphatic heterocycles. The Hall–Kier alpha value is -1.70. The Bertz CT molecular complexity index is 455. The first-order valence-electron chi connectivity index (χ1n) is 6.42. The summed E-state index contributed by atoms with van der Waals surface area (Å²) in [6.07, 6.45) is 4.03. The highest BCUT2D eigenvalue weighted by atomic mass is 16.7. The minimum absolute atomic E-state index is 0.136. The maximum atomic E-state index is 5.76. The number of rotatable bonds is 4. The fourth-order valence-corrected chi connectivity index (χ4v) is 1.92. The SMILES string of the molecule is CC1=CCC(Cc2ccccc2)=C(OC(C)C)O1. The fraction of sp³-hybridized carbons (Fsp3) is 0.375. The minimum atomic E-state index is 0.136. The van der Waals surface area contributed by atoms with Gasteiger partial charge in [-0.15, -0.1) is 0 Å². The largest absolute Gasteiger partial charge is 0.462 e. The van der Waals surface area contributed by atoms with Crippen molar-refractivity contribution in [2.75, 3.05) is 0 Å². The molecule has 0 spiro atoms. The second kappa shape index (κ2) is 5.76. The highest BCUT2D eigenvalue weighted by molar-refractivity contribution is 5.26. The van der Waals surface area contributed by atoms with Crippen molar-refractivity contribution in [3.63, 3.8) is 0 Å². The molecule has 2 rings (SSSR count). The maximum absolute atomic E-state index is 5.76. The molecule has 0 fully saturated rings. The summed E-state index contributed by atoms with van der Waals surface area (Å²) in [6.45, 7) is 6.00. The average Bonchev–Trinajstić information content (AvgIpc) is 2.33. The van der Waals surface area contributed by atoms with Crippen molar-refractivity contribution in [1.82, 2.24) is 0 Å². The van der Waals surface area contributed by atoms with Gasteiger partial charge in [0, 0.05) is 12.0 Å². The lowest BCUT2D eigenvalue weighted by atomic mass is 10.0. The maximum Gasteiger partial charge on any atom is 0.284 e. The molecule has 0 amide bonds. The number of hydrogen-bond acceptors (Lipinski definition) is 2. The molecule has 0 bridgehead atoms. The number of hydrogen-bond donors (Lipinski definition) is 0. The van der Waals surface area contributed by atoms with Gasteiger partial charge in [-0.1, -0.05) is 30.3 Å². The van der Waals surface area contributed by atoms with E-state index in [4.69, 9.17) is 9.47 Å². The van der Waals surface area contributed by atoms with Crippen LogP contribution in [0.3, 0.4) is 0 Å². The smallest absolute Gasteiger partial charge is 0.284 e. The summed E-state index contributed by atoms with van der Waals surface area (Å²) in [5.74, 6) is 1.61. The van der Waals surface area contributed by atoms with Crippen LogP contribution in [-0.2, 0) is 15.9 Å². The molecule has 0 unspecified atom stereocenters. The zero-order chi connectivity index (χ0) is 13.0. The molecule has 0 aromatic heterocycles. The fourth-order valence-electron chi connectivity index (χ4n) is 1.92. The van der Waals surface area contributed by atoms with Gasteiger partial charge in [0.25, 0.3) is 5.95 Å². The first-order chi connectivity index (χ1) is 8.65. The van der Waals surface area contributed by atoms with Gasteiger partial charge < -0.3 is 9.47 Å². The summed E-state index contributed by atoms with van der Waals surface area (Å²) in [7, 11) is 0. The van der Waals surface area contributed by atoms with E-state index in [0.29, 0.717) is 5.95 Å². The summed E-state index contributed by atoms with van der Waals surface area (Å²) in [5.41, 5.74) is 2.49. The first kappa shape index (κ1) is 12.7. The van der Waals surface area contributed by atoms with E-state index in [2.05, 4.69) is 30.3 Å². The Morgan fingerprint density at radius 1 is 1.22 bits per heavy atom. The van der Waals surface area contributed by atoms with E-state index in [1.165, 1.54) is 11.1 Å². The second-order valence-electron chi connectivity index (χ2n) is 4.84. The van der Waals surface area contributed by atoms with Gasteiger partial charge in [-0.25, -0.2) is 0 Å². The van der Waals surface area contributed by atoms with Gasteiger partial charge in [0.15, 0.2) is 0 Å². The van der Waals surface area contributed by atoms with Crippen molar-refractivity contribution in [2.24, 2.45) is 0 Å². The lowest BCUT2D eigenvalue weighted by molar-refractivity contribution is 0.0262. The highest BCUT2D eigenvalue weighted by Gasteiger charge is 2.16. The number of ether oxygens (including phenoxy) is 2. The van der Waals surface area contributed by atoms with Crippen molar-refractivity contribution in [2.45, 2.75) is 39.7 Å². The van der Waals surface area contributed by atoms with E-state index < -0.39 is 0 Å². The molecule has 18 heavy (non-hydrogen) atoms. The third-order valence-electron chi connectivity index (χ3n) is 2.78. The van der Waals surface area contributed by atoms with Gasteiger partial charge in [-0.3, -0.25) is 0 Å². The van der Waals surface area contributed by atoms with Gasteiger partial charge >= 0.3 is 0 Å². The monoisotopic (exact) mass is 244 g/mol. The van der Waals surface area contributed by atoms with Crippen molar-refractivity contribution in [3.8, 4) is 0 Å². The van der Waals surface area contributed by atoms with Gasteiger partial charge in [0.05, 0.1) is 6.10 Å². The van der Waals surface area contributed by atoms with Crippen LogP contribution in [0.2, 0.25) is 0 Å². The van der Waals surface area contributed by atoms with Gasteiger partial charge in [0.2, 0.25) is 0 Å². The molecule has 0 saturated carbocycles. The number of allylic oxidation sites excluding steroid dienone is 3. The summed E-state index contributed by atoms with van der Waals surface area (Å²) in [5, 5.41) is 0. The quantitative estimate of drug-likeness (QED) is 0.790. The van der Waals surface area contributed by atoms with Crippen LogP contribution in [0.5, 0.6) is 0 Å². The molecule has 0 atom stereocenters. The Labute approximate surface area is 109 Å². The summed E-state index contributed by atoms with van der Waals surface area (Å²) < 4.78 is 11.5. The Kier molecular flexibility index (Phi) is 4.08. The van der Waals surface area contributed by atoms with E-state index in [0.717, 1.165) is 18.6 Å². The van der Waals surface area contributed by atoms with Crippen LogP contribution in [0.1, 0.15) is 32.8 Å². The first-order valence-corrected chi connectivity index (χ1v) is 6.42. The molecule has 1 aliphatic rings. The zero-order valence-electron chi connectivity index (χ0n) is 11.3. The van der Waals surface area contributed by atoms with Gasteiger partial charge in [-0.05, 0) is 38.8 Å². The predicted molar refractivity (Wildman–Crippen MR) is 72.9 cm³/mol. The van der Waals surface area contributed by atoms with Crippen LogP contribution >= 0.6 is 0 Å². The molecule has 1 aromatic carbocycles. The topological polar surface area (TPSA) is 18.5 Å². The van der Waals surface area contributed by atoms with Gasteiger partial charge in [-0.2, -0.15) is 0 Å². The molecule has 96 valence electrons. The standard InChI is InChI=1S/C16H20O2/c1-12(2)17-16-15(10-9-13(3)18-16)11-14-7-5-4-6-8-14/h4-9,12H,10-11H2,1-3H3. The van der Waals surface area contributed by atoms with Crippen LogP contribution in [0.4, 0.5) is 0 Å². The van der Waals surface area contributed by atoms with Crippen molar-refractivity contribution >= 4 is 0 Å². The van der Waals surface area contributed by atoms with Crippen LogP contribution in [0.15, 0.2) is 53.7 Å². The van der Waals surface area contributed by atoms with E-state index in [1.807, 2.05) is 26.8 Å². The summed E-state index contributed by atoms with van der Waals surface area (Å²) in [6, 6.07) is 10.4. The second-order valence-corrected chi connectivity index (χ2v) is 4.84. The van der Waals surface area contributed by atoms with E-state index in [-0.39, 0.29) is 6.10 Å². The molecular weight excluding hydrogens is 224 g/mol. The molecule has 0 N–H and O–H groups in total. The van der Waals surface area contributed by atoms with Crippen LogP contribution in [0.25, 0.3) is 0 Å². The number of benzene rings is 1. The predicted octanol–water partition coefficient (Wildman–Crippen LogP) is 4.19. The molecule has 0 aliphatic carbocycles. The van der Waals surface area contributed by atoms with Gasteiger partial charge in [0.1, 0.15) is 5.76 Å². The van der Waals surface area contributed by atoms with E-state index in [1.54, 1.807) is 0 Å². The Balaban J connectivity index is 2.16. The molecule has 1 heterocycles. The molecule has 2 nitrogen and oxygen atoms in total. The third kappa shape index (κ3) is 3.39. The third-order valence-corrected chi connectivity index (χ3v) is 2.78. The molecule has 2 heteroatoms. The Morgan fingerprint density at radius 3 is 2.61 bits per heavy atom. The van der Waals surface area contributed by atoms with Crippen molar-refractivity contribution < 1.29 is 9.47 Å². The average molecular weight is 244 g/mol. The summed E-state index contributed by atoms with van der Waals surface area (Å²) in [4.78, 5) is 0. The van der Waals surface area contributed by atoms with Crippen molar-refractivity contribution in [1.29, 1.82) is 0 Å². The molecule has 1 aromatic rings. The summed E-state index contributed by atoms with van der Waals surface area (Å²) >= 11 is 0. The van der Waals surface area contributed by atoms with Crippen LogP contribution in [0, 0.1) is 0 Å². The zero-order valence-corrected chi connectivity index (χ0v) is 11.3. The van der Waals surface area contributed by atoms with E-state index in [9.17, 15) is 0 Å². The van der Waals surface area contributed by atoms with Crippen molar-refractivity contribution in [3.05, 3.63) is 59.2 Å². The lowest BCUT2D eigenvalue weighted by Gasteiger charge is -2.22.